The molecule has 0 aliphatic heterocycles. The lowest BCUT2D eigenvalue weighted by molar-refractivity contribution is 0.570. The van der Waals surface area contributed by atoms with Crippen molar-refractivity contribution in [2.24, 2.45) is 7.05 Å². The smallest absolute Gasteiger partial charge is 0.0986 e. The topological polar surface area (TPSA) is 29.9 Å². The molecule has 0 radical (unpaired) electrons. The van der Waals surface area contributed by atoms with Crippen molar-refractivity contribution < 1.29 is 0 Å². The Hall–Kier alpha value is -0.970. The Balaban J connectivity index is 2.13. The Morgan fingerprint density at radius 2 is 2.14 bits per heavy atom. The van der Waals surface area contributed by atoms with Gasteiger partial charge >= 0.3 is 0 Å². The van der Waals surface area contributed by atoms with Crippen LogP contribution in [0.3, 0.4) is 0 Å². The van der Waals surface area contributed by atoms with E-state index in [-0.39, 0.29) is 6.04 Å². The van der Waals surface area contributed by atoms with E-state index >= 15 is 0 Å². The zero-order valence-electron chi connectivity index (χ0n) is 13.0. The first-order chi connectivity index (χ1) is 10.0. The molecule has 0 amide bonds. The molecule has 1 heterocycles. The first kappa shape index (κ1) is 16.4. The lowest BCUT2D eigenvalue weighted by Crippen LogP contribution is -2.19. The molecule has 0 saturated carbocycles. The predicted molar refractivity (Wildman–Crippen MR) is 90.2 cm³/mol. The van der Waals surface area contributed by atoms with Gasteiger partial charge in [-0.3, -0.25) is 4.68 Å². The predicted octanol–water partition coefficient (Wildman–Crippen LogP) is 4.59. The molecule has 1 N–H and O–H groups in total. The number of halogens is 1. The lowest BCUT2D eigenvalue weighted by atomic mass is 10.1. The van der Waals surface area contributed by atoms with Gasteiger partial charge in [0.05, 0.1) is 10.7 Å². The summed E-state index contributed by atoms with van der Waals surface area (Å²) >= 11 is 8.12. The molecule has 0 saturated heterocycles. The summed E-state index contributed by atoms with van der Waals surface area (Å²) in [4.78, 5) is 1.13. The quantitative estimate of drug-likeness (QED) is 0.843. The van der Waals surface area contributed by atoms with E-state index in [1.807, 2.05) is 24.7 Å². The van der Waals surface area contributed by atoms with Gasteiger partial charge in [-0.2, -0.15) is 5.10 Å². The van der Waals surface area contributed by atoms with Crippen LogP contribution in [0.25, 0.3) is 0 Å². The van der Waals surface area contributed by atoms with Crippen molar-refractivity contribution in [1.82, 2.24) is 15.1 Å². The van der Waals surface area contributed by atoms with Crippen molar-refractivity contribution >= 4 is 23.4 Å². The van der Waals surface area contributed by atoms with E-state index in [9.17, 15) is 0 Å². The third-order valence-corrected chi connectivity index (χ3v) is 4.73. The number of nitrogens with one attached hydrogen (secondary N) is 1. The lowest BCUT2D eigenvalue weighted by Gasteiger charge is -2.16. The minimum absolute atomic E-state index is 0.274. The third kappa shape index (κ3) is 4.25. The molecule has 2 rings (SSSR count). The summed E-state index contributed by atoms with van der Waals surface area (Å²) in [5.41, 5.74) is 2.18. The molecule has 1 atom stereocenters. The number of rotatable bonds is 6. The Morgan fingerprint density at radius 3 is 2.71 bits per heavy atom. The standard InChI is InChI=1S/C16H22ClN3S/c1-5-8-18-12(3)14-7-6-13(10-15(14)17)21-16-9-11(2)19-20(16)4/h6-7,9-10,12,18H,5,8H2,1-4H3. The van der Waals surface area contributed by atoms with Gasteiger partial charge in [-0.15, -0.1) is 0 Å². The van der Waals surface area contributed by atoms with Gasteiger partial charge in [-0.25, -0.2) is 0 Å². The fraction of sp³-hybridized carbons (Fsp3) is 0.438. The molecule has 1 aromatic carbocycles. The van der Waals surface area contributed by atoms with E-state index in [1.165, 1.54) is 0 Å². The molecule has 0 aliphatic carbocycles. The molecule has 0 fully saturated rings. The second kappa shape index (κ2) is 7.34. The summed E-state index contributed by atoms with van der Waals surface area (Å²) in [6, 6.07) is 8.63. The number of nitrogens with zero attached hydrogens (tertiary/aromatic N) is 2. The minimum atomic E-state index is 0.274. The highest BCUT2D eigenvalue weighted by molar-refractivity contribution is 7.99. The van der Waals surface area contributed by atoms with Crippen molar-refractivity contribution in [2.45, 2.75) is 43.2 Å². The highest BCUT2D eigenvalue weighted by Gasteiger charge is 2.11. The van der Waals surface area contributed by atoms with Gasteiger partial charge in [0.25, 0.3) is 0 Å². The van der Waals surface area contributed by atoms with Crippen LogP contribution in [0.5, 0.6) is 0 Å². The van der Waals surface area contributed by atoms with Gasteiger partial charge in [-0.1, -0.05) is 36.4 Å². The van der Waals surface area contributed by atoms with E-state index in [0.29, 0.717) is 0 Å². The van der Waals surface area contributed by atoms with Crippen LogP contribution in [0.15, 0.2) is 34.2 Å². The average molecular weight is 324 g/mol. The fourth-order valence-electron chi connectivity index (χ4n) is 2.20. The van der Waals surface area contributed by atoms with E-state index in [1.54, 1.807) is 11.8 Å². The summed E-state index contributed by atoms with van der Waals surface area (Å²) in [6.45, 7) is 7.31. The highest BCUT2D eigenvalue weighted by Crippen LogP contribution is 2.32. The monoisotopic (exact) mass is 323 g/mol. The van der Waals surface area contributed by atoms with Gasteiger partial charge < -0.3 is 5.32 Å². The van der Waals surface area contributed by atoms with Crippen molar-refractivity contribution in [3.8, 4) is 0 Å². The van der Waals surface area contributed by atoms with Crippen molar-refractivity contribution in [1.29, 1.82) is 0 Å². The van der Waals surface area contributed by atoms with Crippen LogP contribution in [0.2, 0.25) is 5.02 Å². The molecule has 1 unspecified atom stereocenters. The number of benzene rings is 1. The van der Waals surface area contributed by atoms with Crippen molar-refractivity contribution in [3.63, 3.8) is 0 Å². The van der Waals surface area contributed by atoms with Gasteiger partial charge in [0.15, 0.2) is 0 Å². The summed E-state index contributed by atoms with van der Waals surface area (Å²) in [5, 5.41) is 9.76. The third-order valence-electron chi connectivity index (χ3n) is 3.32. The Bertz CT molecular complexity index is 610. The molecule has 114 valence electrons. The molecule has 0 bridgehead atoms. The average Bonchev–Trinajstić information content (AvgIpc) is 2.74. The van der Waals surface area contributed by atoms with Crippen LogP contribution in [0, 0.1) is 6.92 Å². The molecule has 3 nitrogen and oxygen atoms in total. The maximum atomic E-state index is 6.44. The molecular formula is C16H22ClN3S. The second-order valence-corrected chi connectivity index (χ2v) is 6.71. The van der Waals surface area contributed by atoms with Crippen LogP contribution < -0.4 is 5.32 Å². The van der Waals surface area contributed by atoms with Gasteiger partial charge in [0.1, 0.15) is 0 Å². The number of aromatic nitrogens is 2. The molecule has 1 aromatic heterocycles. The minimum Gasteiger partial charge on any atom is -0.310 e. The second-order valence-electron chi connectivity index (χ2n) is 5.21. The molecule has 0 spiro atoms. The van der Waals surface area contributed by atoms with E-state index < -0.39 is 0 Å². The van der Waals surface area contributed by atoms with E-state index in [4.69, 9.17) is 11.6 Å². The molecule has 5 heteroatoms. The first-order valence-electron chi connectivity index (χ1n) is 7.22. The maximum absolute atomic E-state index is 6.44. The summed E-state index contributed by atoms with van der Waals surface area (Å²) in [5.74, 6) is 0. The van der Waals surface area contributed by atoms with Gasteiger partial charge in [-0.05, 0) is 50.6 Å². The van der Waals surface area contributed by atoms with Crippen LogP contribution >= 0.6 is 23.4 Å². The van der Waals surface area contributed by atoms with Crippen molar-refractivity contribution in [3.05, 3.63) is 40.5 Å². The van der Waals surface area contributed by atoms with Crippen LogP contribution in [0.4, 0.5) is 0 Å². The fourth-order valence-corrected chi connectivity index (χ4v) is 3.56. The normalized spacial score (nSPS) is 12.6. The zero-order valence-corrected chi connectivity index (χ0v) is 14.6. The van der Waals surface area contributed by atoms with Crippen LogP contribution in [-0.2, 0) is 7.05 Å². The molecule has 0 aliphatic rings. The first-order valence-corrected chi connectivity index (χ1v) is 8.42. The largest absolute Gasteiger partial charge is 0.310 e. The van der Waals surface area contributed by atoms with E-state index in [0.717, 1.165) is 39.2 Å². The highest BCUT2D eigenvalue weighted by atomic mass is 35.5. The van der Waals surface area contributed by atoms with Crippen LogP contribution in [0.1, 0.15) is 37.6 Å². The molecule has 2 aromatic rings. The molecular weight excluding hydrogens is 302 g/mol. The Labute approximate surface area is 136 Å². The maximum Gasteiger partial charge on any atom is 0.0986 e. The Morgan fingerprint density at radius 1 is 1.38 bits per heavy atom. The molecule has 21 heavy (non-hydrogen) atoms. The zero-order chi connectivity index (χ0) is 15.4. The summed E-state index contributed by atoms with van der Waals surface area (Å²) in [6.07, 6.45) is 1.12. The van der Waals surface area contributed by atoms with E-state index in [2.05, 4.69) is 42.5 Å². The SMILES string of the molecule is CCCNC(C)c1ccc(Sc2cc(C)nn2C)cc1Cl. The van der Waals surface area contributed by atoms with Gasteiger partial charge in [0, 0.05) is 23.0 Å². The Kier molecular flexibility index (Phi) is 5.73. The summed E-state index contributed by atoms with van der Waals surface area (Å²) < 4.78 is 1.90. The summed E-state index contributed by atoms with van der Waals surface area (Å²) in [7, 11) is 1.96. The van der Waals surface area contributed by atoms with Crippen LogP contribution in [-0.4, -0.2) is 16.3 Å². The number of hydrogen-bond donors (Lipinski definition) is 1. The number of aryl methyl sites for hydroxylation is 2. The van der Waals surface area contributed by atoms with Gasteiger partial charge in [0.2, 0.25) is 0 Å². The van der Waals surface area contributed by atoms with Crippen molar-refractivity contribution in [2.75, 3.05) is 6.54 Å². The number of hydrogen-bond acceptors (Lipinski definition) is 3.